The molecule has 0 bridgehead atoms. The van der Waals surface area contributed by atoms with Crippen molar-refractivity contribution in [3.05, 3.63) is 16.1 Å². The highest BCUT2D eigenvalue weighted by molar-refractivity contribution is 7.09. The second-order valence-electron chi connectivity index (χ2n) is 6.30. The number of rotatable bonds is 5. The highest BCUT2D eigenvalue weighted by atomic mass is 32.1. The molecule has 1 heterocycles. The van der Waals surface area contributed by atoms with Gasteiger partial charge in [0.15, 0.2) is 0 Å². The van der Waals surface area contributed by atoms with Crippen LogP contribution in [0.2, 0.25) is 0 Å². The molecule has 0 aromatic carbocycles. The number of thiazole rings is 1. The summed E-state index contributed by atoms with van der Waals surface area (Å²) in [6, 6.07) is 0.317. The molecule has 0 amide bonds. The van der Waals surface area contributed by atoms with Crippen LogP contribution < -0.4 is 5.73 Å². The van der Waals surface area contributed by atoms with Crippen molar-refractivity contribution in [1.29, 1.82) is 0 Å². The molecule has 2 nitrogen and oxygen atoms in total. The van der Waals surface area contributed by atoms with Crippen LogP contribution in [-0.4, -0.2) is 11.0 Å². The number of hydrogen-bond acceptors (Lipinski definition) is 3. The lowest BCUT2D eigenvalue weighted by atomic mass is 9.93. The van der Waals surface area contributed by atoms with E-state index in [2.05, 4.69) is 40.0 Å². The number of nitrogens with zero attached hydrogens (tertiary/aromatic N) is 1. The first-order chi connectivity index (χ1) is 7.79. The lowest BCUT2D eigenvalue weighted by molar-refractivity contribution is 0.472. The summed E-state index contributed by atoms with van der Waals surface area (Å²) in [5.74, 6) is 0.687. The van der Waals surface area contributed by atoms with Crippen molar-refractivity contribution in [2.45, 2.75) is 65.3 Å². The third kappa shape index (κ3) is 5.17. The SMILES string of the molecule is CC(C)CC(N)CCc1nc(C(C)(C)C)cs1. The van der Waals surface area contributed by atoms with Crippen molar-refractivity contribution < 1.29 is 0 Å². The largest absolute Gasteiger partial charge is 0.328 e. The summed E-state index contributed by atoms with van der Waals surface area (Å²) in [5.41, 5.74) is 7.46. The highest BCUT2D eigenvalue weighted by Crippen LogP contribution is 2.24. The van der Waals surface area contributed by atoms with Gasteiger partial charge in [-0.05, 0) is 18.8 Å². The minimum Gasteiger partial charge on any atom is -0.328 e. The van der Waals surface area contributed by atoms with Gasteiger partial charge in [0.2, 0.25) is 0 Å². The summed E-state index contributed by atoms with van der Waals surface area (Å²) in [6.07, 6.45) is 3.18. The topological polar surface area (TPSA) is 38.9 Å². The van der Waals surface area contributed by atoms with Gasteiger partial charge >= 0.3 is 0 Å². The number of hydrogen-bond donors (Lipinski definition) is 1. The van der Waals surface area contributed by atoms with E-state index in [0.29, 0.717) is 12.0 Å². The molecule has 0 saturated heterocycles. The van der Waals surface area contributed by atoms with Gasteiger partial charge < -0.3 is 5.73 Å². The minimum absolute atomic E-state index is 0.162. The molecule has 17 heavy (non-hydrogen) atoms. The molecule has 0 fully saturated rings. The molecule has 0 aliphatic heterocycles. The zero-order valence-electron chi connectivity index (χ0n) is 11.8. The van der Waals surface area contributed by atoms with Crippen LogP contribution in [0.15, 0.2) is 5.38 Å². The maximum Gasteiger partial charge on any atom is 0.0929 e. The van der Waals surface area contributed by atoms with Crippen molar-refractivity contribution in [1.82, 2.24) is 4.98 Å². The second-order valence-corrected chi connectivity index (χ2v) is 7.25. The molecule has 0 saturated carbocycles. The predicted octanol–water partition coefficient (Wildman–Crippen LogP) is 3.75. The summed E-state index contributed by atoms with van der Waals surface area (Å²) in [4.78, 5) is 4.70. The van der Waals surface area contributed by atoms with Crippen molar-refractivity contribution in [2.75, 3.05) is 0 Å². The molecule has 1 aromatic heterocycles. The standard InChI is InChI=1S/C14H26N2S/c1-10(2)8-11(15)6-7-13-16-12(9-17-13)14(3,4)5/h9-11H,6-8,15H2,1-5H3. The normalized spacial score (nSPS) is 14.3. The lowest BCUT2D eigenvalue weighted by Gasteiger charge is -2.14. The van der Waals surface area contributed by atoms with Crippen LogP contribution in [0.5, 0.6) is 0 Å². The summed E-state index contributed by atoms with van der Waals surface area (Å²) in [7, 11) is 0. The molecule has 3 heteroatoms. The fraction of sp³-hybridized carbons (Fsp3) is 0.786. The molecule has 1 rings (SSSR count). The van der Waals surface area contributed by atoms with Crippen LogP contribution in [-0.2, 0) is 11.8 Å². The van der Waals surface area contributed by atoms with E-state index in [9.17, 15) is 0 Å². The van der Waals surface area contributed by atoms with E-state index in [1.807, 2.05) is 0 Å². The van der Waals surface area contributed by atoms with E-state index in [1.165, 1.54) is 10.7 Å². The molecular formula is C14H26N2S. The van der Waals surface area contributed by atoms with E-state index >= 15 is 0 Å². The molecular weight excluding hydrogens is 228 g/mol. The monoisotopic (exact) mass is 254 g/mol. The molecule has 1 unspecified atom stereocenters. The Morgan fingerprint density at radius 2 is 2.00 bits per heavy atom. The first-order valence-electron chi connectivity index (χ1n) is 6.49. The third-order valence-corrected chi connectivity index (χ3v) is 3.73. The van der Waals surface area contributed by atoms with Gasteiger partial charge in [-0.1, -0.05) is 34.6 Å². The second kappa shape index (κ2) is 5.96. The van der Waals surface area contributed by atoms with Crippen LogP contribution in [0.1, 0.15) is 58.2 Å². The number of aromatic nitrogens is 1. The van der Waals surface area contributed by atoms with Crippen molar-refractivity contribution in [3.63, 3.8) is 0 Å². The van der Waals surface area contributed by atoms with Crippen molar-refractivity contribution in [2.24, 2.45) is 11.7 Å². The zero-order valence-corrected chi connectivity index (χ0v) is 12.6. The van der Waals surface area contributed by atoms with Gasteiger partial charge in [0, 0.05) is 23.3 Å². The molecule has 1 atom stereocenters. The van der Waals surface area contributed by atoms with Crippen LogP contribution in [0.25, 0.3) is 0 Å². The maximum atomic E-state index is 6.09. The Morgan fingerprint density at radius 1 is 1.35 bits per heavy atom. The fourth-order valence-electron chi connectivity index (χ4n) is 1.80. The molecule has 0 aliphatic rings. The Labute approximate surface area is 110 Å². The van der Waals surface area contributed by atoms with Gasteiger partial charge in [-0.15, -0.1) is 11.3 Å². The molecule has 0 aliphatic carbocycles. The van der Waals surface area contributed by atoms with Crippen LogP contribution >= 0.6 is 11.3 Å². The lowest BCUT2D eigenvalue weighted by Crippen LogP contribution is -2.22. The quantitative estimate of drug-likeness (QED) is 0.869. The Kier molecular flexibility index (Phi) is 5.14. The van der Waals surface area contributed by atoms with Gasteiger partial charge in [0.25, 0.3) is 0 Å². The average molecular weight is 254 g/mol. The van der Waals surface area contributed by atoms with E-state index < -0.39 is 0 Å². The van der Waals surface area contributed by atoms with Gasteiger partial charge in [0.05, 0.1) is 10.7 Å². The maximum absolute atomic E-state index is 6.09. The Hall–Kier alpha value is -0.410. The average Bonchev–Trinajstić information content (AvgIpc) is 2.61. The number of aryl methyl sites for hydroxylation is 1. The molecule has 1 aromatic rings. The van der Waals surface area contributed by atoms with Crippen LogP contribution in [0, 0.1) is 5.92 Å². The molecule has 0 spiro atoms. The Bertz CT molecular complexity index is 336. The van der Waals surface area contributed by atoms with E-state index in [0.717, 1.165) is 19.3 Å². The first kappa shape index (κ1) is 14.7. The summed E-state index contributed by atoms with van der Waals surface area (Å²) >= 11 is 1.77. The highest BCUT2D eigenvalue weighted by Gasteiger charge is 2.17. The Morgan fingerprint density at radius 3 is 2.47 bits per heavy atom. The van der Waals surface area contributed by atoms with E-state index in [1.54, 1.807) is 11.3 Å². The summed E-state index contributed by atoms with van der Waals surface area (Å²) in [6.45, 7) is 11.1. The molecule has 2 N–H and O–H groups in total. The fourth-order valence-corrected chi connectivity index (χ4v) is 2.84. The van der Waals surface area contributed by atoms with Gasteiger partial charge in [-0.3, -0.25) is 0 Å². The van der Waals surface area contributed by atoms with E-state index in [-0.39, 0.29) is 5.41 Å². The summed E-state index contributed by atoms with van der Waals surface area (Å²) < 4.78 is 0. The number of nitrogens with two attached hydrogens (primary N) is 1. The third-order valence-electron chi connectivity index (χ3n) is 2.82. The summed E-state index contributed by atoms with van der Waals surface area (Å²) in [5, 5.41) is 3.41. The smallest absolute Gasteiger partial charge is 0.0929 e. The predicted molar refractivity (Wildman–Crippen MR) is 76.6 cm³/mol. The zero-order chi connectivity index (χ0) is 13.1. The van der Waals surface area contributed by atoms with Gasteiger partial charge in [-0.2, -0.15) is 0 Å². The van der Waals surface area contributed by atoms with Crippen LogP contribution in [0.4, 0.5) is 0 Å². The first-order valence-corrected chi connectivity index (χ1v) is 7.37. The van der Waals surface area contributed by atoms with Crippen LogP contribution in [0.3, 0.4) is 0 Å². The van der Waals surface area contributed by atoms with Gasteiger partial charge in [-0.25, -0.2) is 4.98 Å². The van der Waals surface area contributed by atoms with E-state index in [4.69, 9.17) is 10.7 Å². The molecule has 98 valence electrons. The Balaban J connectivity index is 2.45. The molecule has 0 radical (unpaired) electrons. The van der Waals surface area contributed by atoms with Gasteiger partial charge in [0.1, 0.15) is 0 Å². The van der Waals surface area contributed by atoms with Crippen molar-refractivity contribution in [3.8, 4) is 0 Å². The minimum atomic E-state index is 0.162. The van der Waals surface area contributed by atoms with Crippen molar-refractivity contribution >= 4 is 11.3 Å².